The maximum absolute atomic E-state index is 5.69. The van der Waals surface area contributed by atoms with E-state index in [2.05, 4.69) is 45.1 Å². The number of ether oxygens (including phenoxy) is 1. The maximum atomic E-state index is 5.69. The maximum Gasteiger partial charge on any atom is 0.191 e. The third-order valence-corrected chi connectivity index (χ3v) is 2.88. The van der Waals surface area contributed by atoms with Crippen LogP contribution in [0.5, 0.6) is 0 Å². The molecule has 0 amide bonds. The summed E-state index contributed by atoms with van der Waals surface area (Å²) in [6.45, 7) is 8.19. The van der Waals surface area contributed by atoms with Crippen molar-refractivity contribution in [2.75, 3.05) is 26.7 Å². The molecule has 0 aromatic heterocycles. The molecule has 2 N–H and O–H groups in total. The zero-order chi connectivity index (χ0) is 12.0. The monoisotopic (exact) mass is 289 g/mol. The summed E-state index contributed by atoms with van der Waals surface area (Å²) in [5.74, 6) is 0.775. The molecule has 0 radical (unpaired) electrons. The number of nitrogens with zero attached hydrogens (tertiary/aromatic N) is 1. The first-order valence-corrected chi connectivity index (χ1v) is 6.27. The van der Waals surface area contributed by atoms with Gasteiger partial charge in [0.2, 0.25) is 0 Å². The Hall–Kier alpha value is -0.550. The van der Waals surface area contributed by atoms with Crippen LogP contribution < -0.4 is 10.6 Å². The lowest BCUT2D eigenvalue weighted by Gasteiger charge is -2.24. The lowest BCUT2D eigenvalue weighted by molar-refractivity contribution is 0.0243. The molecule has 0 saturated carbocycles. The Labute approximate surface area is 106 Å². The third-order valence-electron chi connectivity index (χ3n) is 2.60. The Morgan fingerprint density at radius 1 is 1.56 bits per heavy atom. The van der Waals surface area contributed by atoms with Gasteiger partial charge in [-0.05, 0) is 19.8 Å². The molecule has 0 aliphatic carbocycles. The molecule has 92 valence electrons. The average Bonchev–Trinajstić information content (AvgIpc) is 2.65. The van der Waals surface area contributed by atoms with Gasteiger partial charge in [0.15, 0.2) is 5.96 Å². The standard InChI is InChI=1S/C11H20BrN3O/c1-9(12)7-14-10(13-3)15-8-11(2)5-4-6-16-11/h1,4-8H2,2-3H3,(H2,13,14,15). The van der Waals surface area contributed by atoms with E-state index < -0.39 is 0 Å². The van der Waals surface area contributed by atoms with Crippen LogP contribution in [0.1, 0.15) is 19.8 Å². The number of nitrogens with one attached hydrogen (secondary N) is 2. The fourth-order valence-electron chi connectivity index (χ4n) is 1.65. The number of rotatable bonds is 4. The second-order valence-electron chi connectivity index (χ2n) is 4.20. The third kappa shape index (κ3) is 4.53. The first-order valence-electron chi connectivity index (χ1n) is 5.47. The second-order valence-corrected chi connectivity index (χ2v) is 5.32. The van der Waals surface area contributed by atoms with Crippen LogP contribution in [0.25, 0.3) is 0 Å². The van der Waals surface area contributed by atoms with Crippen molar-refractivity contribution in [1.29, 1.82) is 0 Å². The molecule has 1 heterocycles. The second kappa shape index (κ2) is 6.25. The SMILES string of the molecule is C=C(Br)CNC(=NC)NCC1(C)CCCO1. The normalized spacial score (nSPS) is 25.6. The van der Waals surface area contributed by atoms with Crippen LogP contribution in [0.15, 0.2) is 16.1 Å². The van der Waals surface area contributed by atoms with Crippen molar-refractivity contribution in [2.45, 2.75) is 25.4 Å². The van der Waals surface area contributed by atoms with Crippen molar-refractivity contribution < 1.29 is 4.74 Å². The van der Waals surface area contributed by atoms with Gasteiger partial charge in [-0.1, -0.05) is 22.5 Å². The van der Waals surface area contributed by atoms with E-state index in [1.165, 1.54) is 0 Å². The summed E-state index contributed by atoms with van der Waals surface area (Å²) in [6, 6.07) is 0. The number of halogens is 1. The first-order chi connectivity index (χ1) is 7.56. The van der Waals surface area contributed by atoms with E-state index in [0.717, 1.165) is 36.4 Å². The highest BCUT2D eigenvalue weighted by atomic mass is 79.9. The predicted octanol–water partition coefficient (Wildman–Crippen LogP) is 1.63. The van der Waals surface area contributed by atoms with E-state index in [4.69, 9.17) is 4.74 Å². The fourth-order valence-corrected chi connectivity index (χ4v) is 1.79. The molecule has 0 bridgehead atoms. The van der Waals surface area contributed by atoms with E-state index >= 15 is 0 Å². The van der Waals surface area contributed by atoms with Crippen molar-refractivity contribution in [3.05, 3.63) is 11.1 Å². The molecule has 1 rings (SSSR count). The van der Waals surface area contributed by atoms with Crippen molar-refractivity contribution >= 4 is 21.9 Å². The van der Waals surface area contributed by atoms with Crippen molar-refractivity contribution in [1.82, 2.24) is 10.6 Å². The lowest BCUT2D eigenvalue weighted by Crippen LogP contribution is -2.45. The van der Waals surface area contributed by atoms with Crippen molar-refractivity contribution in [2.24, 2.45) is 4.99 Å². The topological polar surface area (TPSA) is 45.7 Å². The molecule has 1 unspecified atom stereocenters. The van der Waals surface area contributed by atoms with E-state index in [1.54, 1.807) is 7.05 Å². The van der Waals surface area contributed by atoms with Gasteiger partial charge < -0.3 is 15.4 Å². The molecular formula is C11H20BrN3O. The number of hydrogen-bond donors (Lipinski definition) is 2. The molecule has 16 heavy (non-hydrogen) atoms. The molecule has 0 spiro atoms. The van der Waals surface area contributed by atoms with Crippen LogP contribution in [0, 0.1) is 0 Å². The van der Waals surface area contributed by atoms with E-state index in [-0.39, 0.29) is 5.60 Å². The van der Waals surface area contributed by atoms with Gasteiger partial charge in [-0.2, -0.15) is 0 Å². The zero-order valence-electron chi connectivity index (χ0n) is 9.98. The van der Waals surface area contributed by atoms with Crippen LogP contribution >= 0.6 is 15.9 Å². The predicted molar refractivity (Wildman–Crippen MR) is 71.0 cm³/mol. The first kappa shape index (κ1) is 13.5. The molecule has 1 aliphatic rings. The fraction of sp³-hybridized carbons (Fsp3) is 0.727. The average molecular weight is 290 g/mol. The van der Waals surface area contributed by atoms with Gasteiger partial charge in [0.1, 0.15) is 0 Å². The number of guanidine groups is 1. The highest BCUT2D eigenvalue weighted by molar-refractivity contribution is 9.11. The van der Waals surface area contributed by atoms with Gasteiger partial charge in [-0.3, -0.25) is 4.99 Å². The molecule has 4 nitrogen and oxygen atoms in total. The van der Waals surface area contributed by atoms with Crippen molar-refractivity contribution in [3.8, 4) is 0 Å². The summed E-state index contributed by atoms with van der Waals surface area (Å²) in [6.07, 6.45) is 2.24. The molecule has 0 aromatic carbocycles. The summed E-state index contributed by atoms with van der Waals surface area (Å²) < 4.78 is 6.59. The number of hydrogen-bond acceptors (Lipinski definition) is 2. The quantitative estimate of drug-likeness (QED) is 0.611. The molecule has 1 saturated heterocycles. The molecule has 1 fully saturated rings. The van der Waals surface area contributed by atoms with Crippen LogP contribution in [0.2, 0.25) is 0 Å². The summed E-state index contributed by atoms with van der Waals surface area (Å²) >= 11 is 3.30. The molecule has 5 heteroatoms. The summed E-state index contributed by atoms with van der Waals surface area (Å²) in [5, 5.41) is 6.41. The van der Waals surface area contributed by atoms with Gasteiger partial charge in [0, 0.05) is 31.2 Å². The molecule has 0 aromatic rings. The largest absolute Gasteiger partial charge is 0.373 e. The van der Waals surface area contributed by atoms with Gasteiger partial charge in [0.25, 0.3) is 0 Å². The van der Waals surface area contributed by atoms with Crippen molar-refractivity contribution in [3.63, 3.8) is 0 Å². The molecular weight excluding hydrogens is 270 g/mol. The van der Waals surface area contributed by atoms with Crippen LogP contribution in [0.3, 0.4) is 0 Å². The van der Waals surface area contributed by atoms with E-state index in [1.807, 2.05) is 0 Å². The Balaban J connectivity index is 2.31. The Kier molecular flexibility index (Phi) is 5.28. The minimum Gasteiger partial charge on any atom is -0.373 e. The summed E-state index contributed by atoms with van der Waals surface area (Å²) in [7, 11) is 1.75. The minimum atomic E-state index is -0.0525. The minimum absolute atomic E-state index is 0.0525. The number of aliphatic imine (C=N–C) groups is 1. The molecule has 1 atom stereocenters. The summed E-state index contributed by atoms with van der Waals surface area (Å²) in [5.41, 5.74) is -0.0525. The van der Waals surface area contributed by atoms with Crippen LogP contribution in [0.4, 0.5) is 0 Å². The highest BCUT2D eigenvalue weighted by Gasteiger charge is 2.29. The Bertz CT molecular complexity index is 272. The van der Waals surface area contributed by atoms with Gasteiger partial charge in [-0.15, -0.1) is 0 Å². The van der Waals surface area contributed by atoms with E-state index in [0.29, 0.717) is 6.54 Å². The van der Waals surface area contributed by atoms with Crippen LogP contribution in [-0.4, -0.2) is 38.3 Å². The lowest BCUT2D eigenvalue weighted by atomic mass is 10.0. The van der Waals surface area contributed by atoms with Crippen LogP contribution in [-0.2, 0) is 4.74 Å². The molecule has 1 aliphatic heterocycles. The smallest absolute Gasteiger partial charge is 0.191 e. The van der Waals surface area contributed by atoms with Gasteiger partial charge in [0.05, 0.1) is 5.60 Å². The Morgan fingerprint density at radius 3 is 2.81 bits per heavy atom. The zero-order valence-corrected chi connectivity index (χ0v) is 11.6. The Morgan fingerprint density at radius 2 is 2.31 bits per heavy atom. The summed E-state index contributed by atoms with van der Waals surface area (Å²) in [4.78, 5) is 4.13. The highest BCUT2D eigenvalue weighted by Crippen LogP contribution is 2.23. The van der Waals surface area contributed by atoms with Gasteiger partial charge >= 0.3 is 0 Å². The van der Waals surface area contributed by atoms with Gasteiger partial charge in [-0.25, -0.2) is 0 Å². The van der Waals surface area contributed by atoms with E-state index in [9.17, 15) is 0 Å².